The van der Waals surface area contributed by atoms with Gasteiger partial charge in [-0.15, -0.1) is 11.8 Å². The van der Waals surface area contributed by atoms with Crippen LogP contribution in [0.2, 0.25) is 0 Å². The summed E-state index contributed by atoms with van der Waals surface area (Å²) in [6.45, 7) is 0. The predicted octanol–water partition coefficient (Wildman–Crippen LogP) is -1.18. The SMILES string of the molecule is N[C@@H]1C(=O)N2C3=C(CS[C@H]12)CC(O)C3=O. The van der Waals surface area contributed by atoms with Crippen LogP contribution in [0, 0.1) is 0 Å². The fourth-order valence-corrected chi connectivity index (χ4v) is 3.57. The molecule has 0 saturated carbocycles. The van der Waals surface area contributed by atoms with Gasteiger partial charge in [-0.3, -0.25) is 14.5 Å². The highest BCUT2D eigenvalue weighted by Crippen LogP contribution is 2.43. The van der Waals surface area contributed by atoms with Crippen molar-refractivity contribution in [3.05, 3.63) is 11.3 Å². The third-order valence-electron chi connectivity index (χ3n) is 3.06. The second kappa shape index (κ2) is 2.84. The average molecular weight is 226 g/mol. The van der Waals surface area contributed by atoms with E-state index in [1.165, 1.54) is 4.90 Å². The minimum absolute atomic E-state index is 0.106. The van der Waals surface area contributed by atoms with Crippen molar-refractivity contribution in [2.75, 3.05) is 5.75 Å². The zero-order valence-corrected chi connectivity index (χ0v) is 8.66. The molecule has 3 N–H and O–H groups in total. The zero-order valence-electron chi connectivity index (χ0n) is 7.84. The number of hydrogen-bond donors (Lipinski definition) is 2. The molecule has 0 aromatic rings. The Bertz CT molecular complexity index is 406. The number of carbonyl (C=O) groups is 2. The summed E-state index contributed by atoms with van der Waals surface area (Å²) in [7, 11) is 0. The van der Waals surface area contributed by atoms with Crippen LogP contribution in [0.3, 0.4) is 0 Å². The van der Waals surface area contributed by atoms with Gasteiger partial charge in [0.05, 0.1) is 5.70 Å². The van der Waals surface area contributed by atoms with Crippen molar-refractivity contribution in [1.29, 1.82) is 0 Å². The standard InChI is InChI=1S/C9H10N2O3S/c10-5-8(14)11-6-3(2-15-9(5)11)1-4(12)7(6)13/h4-5,9,12H,1-2,10H2/t4?,5-,9-/m1/s1. The summed E-state index contributed by atoms with van der Waals surface area (Å²) in [5.74, 6) is 0.165. The van der Waals surface area contributed by atoms with Crippen molar-refractivity contribution in [3.8, 4) is 0 Å². The molecule has 1 saturated heterocycles. The molecule has 2 aliphatic heterocycles. The van der Waals surface area contributed by atoms with Crippen LogP contribution in [0.15, 0.2) is 11.3 Å². The van der Waals surface area contributed by atoms with Crippen LogP contribution in [0.4, 0.5) is 0 Å². The Morgan fingerprint density at radius 3 is 2.93 bits per heavy atom. The summed E-state index contributed by atoms with van der Waals surface area (Å²) < 4.78 is 0. The number of aliphatic hydroxyl groups is 1. The van der Waals surface area contributed by atoms with E-state index in [9.17, 15) is 14.7 Å². The van der Waals surface area contributed by atoms with Gasteiger partial charge in [0.15, 0.2) is 0 Å². The Morgan fingerprint density at radius 2 is 2.20 bits per heavy atom. The van der Waals surface area contributed by atoms with Crippen molar-refractivity contribution < 1.29 is 14.7 Å². The molecule has 0 radical (unpaired) electrons. The van der Waals surface area contributed by atoms with Crippen LogP contribution >= 0.6 is 11.8 Å². The molecule has 6 heteroatoms. The lowest BCUT2D eigenvalue weighted by Gasteiger charge is -2.47. The molecule has 3 rings (SSSR count). The van der Waals surface area contributed by atoms with E-state index in [1.807, 2.05) is 0 Å². The van der Waals surface area contributed by atoms with Gasteiger partial charge in [-0.2, -0.15) is 0 Å². The number of nitrogens with two attached hydrogens (primary N) is 1. The molecular weight excluding hydrogens is 216 g/mol. The zero-order chi connectivity index (χ0) is 10.7. The van der Waals surface area contributed by atoms with E-state index < -0.39 is 12.1 Å². The molecule has 1 aliphatic carbocycles. The van der Waals surface area contributed by atoms with Gasteiger partial charge in [-0.25, -0.2) is 0 Å². The van der Waals surface area contributed by atoms with Crippen LogP contribution in [-0.2, 0) is 9.59 Å². The quantitative estimate of drug-likeness (QED) is 0.508. The van der Waals surface area contributed by atoms with Gasteiger partial charge >= 0.3 is 0 Å². The summed E-state index contributed by atoms with van der Waals surface area (Å²) in [5.41, 5.74) is 6.93. The second-order valence-electron chi connectivity index (χ2n) is 3.97. The third kappa shape index (κ3) is 1.01. The largest absolute Gasteiger partial charge is 0.385 e. The van der Waals surface area contributed by atoms with E-state index in [4.69, 9.17) is 5.73 Å². The number of β-lactam (4-membered cyclic amide) rings is 1. The molecule has 3 atom stereocenters. The number of nitrogens with zero attached hydrogens (tertiary/aromatic N) is 1. The molecule has 15 heavy (non-hydrogen) atoms. The number of aliphatic hydroxyl groups excluding tert-OH is 1. The van der Waals surface area contributed by atoms with Gasteiger partial charge in [0.25, 0.3) is 0 Å². The lowest BCUT2D eigenvalue weighted by atomic mass is 10.0. The summed E-state index contributed by atoms with van der Waals surface area (Å²) in [4.78, 5) is 24.6. The number of hydrogen-bond acceptors (Lipinski definition) is 5. The summed E-state index contributed by atoms with van der Waals surface area (Å²) in [6.07, 6.45) is -0.591. The lowest BCUT2D eigenvalue weighted by Crippen LogP contribution is -2.68. The van der Waals surface area contributed by atoms with E-state index in [2.05, 4.69) is 0 Å². The molecule has 1 unspecified atom stereocenters. The molecule has 0 aromatic carbocycles. The Morgan fingerprint density at radius 1 is 1.47 bits per heavy atom. The maximum Gasteiger partial charge on any atom is 0.248 e. The van der Waals surface area contributed by atoms with Gasteiger partial charge in [-0.1, -0.05) is 0 Å². The fourth-order valence-electron chi connectivity index (χ4n) is 2.26. The number of amides is 1. The predicted molar refractivity (Wildman–Crippen MR) is 53.7 cm³/mol. The highest BCUT2D eigenvalue weighted by Gasteiger charge is 2.53. The maximum atomic E-state index is 11.6. The smallest absolute Gasteiger partial charge is 0.248 e. The van der Waals surface area contributed by atoms with Crippen LogP contribution < -0.4 is 5.73 Å². The van der Waals surface area contributed by atoms with Gasteiger partial charge in [0.1, 0.15) is 17.5 Å². The highest BCUT2D eigenvalue weighted by molar-refractivity contribution is 8.00. The first-order chi connectivity index (χ1) is 7.11. The minimum atomic E-state index is -0.959. The first kappa shape index (κ1) is 9.38. The molecule has 5 nitrogen and oxygen atoms in total. The molecule has 80 valence electrons. The monoisotopic (exact) mass is 226 g/mol. The summed E-state index contributed by atoms with van der Waals surface area (Å²) >= 11 is 1.56. The average Bonchev–Trinajstić information content (AvgIpc) is 2.52. The summed E-state index contributed by atoms with van der Waals surface area (Å²) in [5, 5.41) is 9.33. The van der Waals surface area contributed by atoms with E-state index >= 15 is 0 Å². The van der Waals surface area contributed by atoms with Crippen molar-refractivity contribution in [2.45, 2.75) is 23.9 Å². The molecule has 1 fully saturated rings. The molecule has 0 aromatic heterocycles. The molecule has 1 amide bonds. The van der Waals surface area contributed by atoms with E-state index in [-0.39, 0.29) is 17.1 Å². The van der Waals surface area contributed by atoms with Crippen molar-refractivity contribution in [2.24, 2.45) is 5.73 Å². The van der Waals surface area contributed by atoms with Crippen LogP contribution in [-0.4, -0.2) is 45.0 Å². The number of carbonyl (C=O) groups excluding carboxylic acids is 2. The number of Topliss-reactive ketones (excluding diaryl/α,β-unsaturated/α-hetero) is 1. The first-order valence-electron chi connectivity index (χ1n) is 4.76. The topological polar surface area (TPSA) is 83.6 Å². The Balaban J connectivity index is 2.00. The number of rotatable bonds is 0. The van der Waals surface area contributed by atoms with Crippen molar-refractivity contribution >= 4 is 23.5 Å². The molecular formula is C9H10N2O3S. The lowest BCUT2D eigenvalue weighted by molar-refractivity contribution is -0.144. The van der Waals surface area contributed by atoms with E-state index in [0.29, 0.717) is 17.9 Å². The maximum absolute atomic E-state index is 11.6. The third-order valence-corrected chi connectivity index (χ3v) is 4.42. The van der Waals surface area contributed by atoms with Gasteiger partial charge < -0.3 is 10.8 Å². The Hall–Kier alpha value is -0.850. The van der Waals surface area contributed by atoms with Crippen LogP contribution in [0.1, 0.15) is 6.42 Å². The molecule has 2 heterocycles. The van der Waals surface area contributed by atoms with Crippen LogP contribution in [0.5, 0.6) is 0 Å². The van der Waals surface area contributed by atoms with Crippen LogP contribution in [0.25, 0.3) is 0 Å². The van der Waals surface area contributed by atoms with Crippen molar-refractivity contribution in [3.63, 3.8) is 0 Å². The summed E-state index contributed by atoms with van der Waals surface area (Å²) in [6, 6.07) is -0.491. The first-order valence-corrected chi connectivity index (χ1v) is 5.80. The number of fused-ring (bicyclic) bond motifs is 2. The Labute approximate surface area is 90.3 Å². The number of thioether (sulfide) groups is 1. The van der Waals surface area contributed by atoms with E-state index in [1.54, 1.807) is 11.8 Å². The normalized spacial score (nSPS) is 39.1. The van der Waals surface area contributed by atoms with Gasteiger partial charge in [0, 0.05) is 12.2 Å². The second-order valence-corrected chi connectivity index (χ2v) is 5.08. The van der Waals surface area contributed by atoms with Crippen molar-refractivity contribution in [1.82, 2.24) is 4.90 Å². The Kier molecular flexibility index (Phi) is 1.78. The van der Waals surface area contributed by atoms with E-state index in [0.717, 1.165) is 5.57 Å². The fraction of sp³-hybridized carbons (Fsp3) is 0.556. The molecule has 0 bridgehead atoms. The molecule has 3 aliphatic rings. The number of ketones is 1. The van der Waals surface area contributed by atoms with Gasteiger partial charge in [-0.05, 0) is 5.57 Å². The van der Waals surface area contributed by atoms with Gasteiger partial charge in [0.2, 0.25) is 11.7 Å². The minimum Gasteiger partial charge on any atom is -0.385 e. The highest BCUT2D eigenvalue weighted by atomic mass is 32.2. The molecule has 0 spiro atoms.